The predicted octanol–water partition coefficient (Wildman–Crippen LogP) is 4.86. The SMILES string of the molecule is CC(C)(C)P(C(C)(C)C)C(C)(C)C.[Br+].[Pd+]. The van der Waals surface area contributed by atoms with Crippen LogP contribution in [0.25, 0.3) is 0 Å². The van der Waals surface area contributed by atoms with Crippen LogP contribution in [0, 0.1) is 17.0 Å². The van der Waals surface area contributed by atoms with E-state index in [9.17, 15) is 0 Å². The zero-order valence-corrected chi connectivity index (χ0v) is 15.7. The molecule has 0 saturated heterocycles. The van der Waals surface area contributed by atoms with Gasteiger partial charge in [-0.3, -0.25) is 0 Å². The molecule has 0 nitrogen and oxygen atoms in total. The van der Waals surface area contributed by atoms with Crippen molar-refractivity contribution in [2.24, 2.45) is 0 Å². The van der Waals surface area contributed by atoms with Gasteiger partial charge in [-0.05, 0) is 15.5 Å². The van der Waals surface area contributed by atoms with Crippen molar-refractivity contribution in [1.82, 2.24) is 0 Å². The van der Waals surface area contributed by atoms with Crippen LogP contribution in [0.4, 0.5) is 0 Å². The monoisotopic (exact) mass is 387 g/mol. The number of hydrogen-bond acceptors (Lipinski definition) is 0. The van der Waals surface area contributed by atoms with Crippen molar-refractivity contribution in [3.05, 3.63) is 0 Å². The summed E-state index contributed by atoms with van der Waals surface area (Å²) >= 11 is 0. The first-order valence-electron chi connectivity index (χ1n) is 5.17. The molecular weight excluding hydrogens is 361 g/mol. The van der Waals surface area contributed by atoms with E-state index in [1.54, 1.807) is 0 Å². The van der Waals surface area contributed by atoms with Crippen LogP contribution in [-0.2, 0) is 20.4 Å². The zero-order valence-electron chi connectivity index (χ0n) is 11.6. The van der Waals surface area contributed by atoms with E-state index in [1.807, 2.05) is 0 Å². The van der Waals surface area contributed by atoms with Crippen molar-refractivity contribution in [3.8, 4) is 0 Å². The summed E-state index contributed by atoms with van der Waals surface area (Å²) in [5.74, 6) is 0. The predicted molar refractivity (Wildman–Crippen MR) is 66.2 cm³/mol. The molecule has 0 aliphatic carbocycles. The van der Waals surface area contributed by atoms with Gasteiger partial charge in [0, 0.05) is 0 Å². The van der Waals surface area contributed by atoms with Gasteiger partial charge in [0.25, 0.3) is 0 Å². The van der Waals surface area contributed by atoms with Gasteiger partial charge >= 0.3 is 37.4 Å². The van der Waals surface area contributed by atoms with E-state index in [0.29, 0.717) is 15.5 Å². The molecule has 0 aromatic carbocycles. The largest absolute Gasteiger partial charge is 1.00 e. The molecule has 0 amide bonds. The minimum absolute atomic E-state index is 0. The minimum atomic E-state index is 0. The summed E-state index contributed by atoms with van der Waals surface area (Å²) in [7, 11) is 0.0162. The molecule has 0 atom stereocenters. The van der Waals surface area contributed by atoms with Gasteiger partial charge < -0.3 is 0 Å². The zero-order chi connectivity index (χ0) is 11.1. The molecule has 3 radical (unpaired) electrons. The van der Waals surface area contributed by atoms with Crippen LogP contribution in [-0.4, -0.2) is 15.5 Å². The molecule has 95 valence electrons. The Labute approximate surface area is 123 Å². The van der Waals surface area contributed by atoms with Crippen LogP contribution in [0.2, 0.25) is 0 Å². The normalized spacial score (nSPS) is 13.2. The number of halogens is 1. The maximum atomic E-state index is 2.38. The molecule has 0 bridgehead atoms. The Kier molecular flexibility index (Phi) is 9.44. The fourth-order valence-corrected chi connectivity index (χ4v) is 9.06. The fourth-order valence-electron chi connectivity index (χ4n) is 3.02. The van der Waals surface area contributed by atoms with Gasteiger partial charge in [-0.15, -0.1) is 0 Å². The topological polar surface area (TPSA) is 0 Å². The molecular formula is C12H27BrPPd+2. The Morgan fingerprint density at radius 3 is 0.667 bits per heavy atom. The Hall–Kier alpha value is 1.57. The van der Waals surface area contributed by atoms with Gasteiger partial charge in [0.1, 0.15) is 0 Å². The van der Waals surface area contributed by atoms with Gasteiger partial charge in [0.05, 0.1) is 0 Å². The molecule has 0 saturated carbocycles. The molecule has 0 aliphatic rings. The van der Waals surface area contributed by atoms with Crippen molar-refractivity contribution in [1.29, 1.82) is 0 Å². The van der Waals surface area contributed by atoms with Crippen molar-refractivity contribution in [2.75, 3.05) is 0 Å². The summed E-state index contributed by atoms with van der Waals surface area (Å²) in [6, 6.07) is 0. The first-order chi connectivity index (χ1) is 5.37. The summed E-state index contributed by atoms with van der Waals surface area (Å²) < 4.78 is 0. The average molecular weight is 389 g/mol. The van der Waals surface area contributed by atoms with Crippen molar-refractivity contribution in [3.63, 3.8) is 0 Å². The maximum absolute atomic E-state index is 2.38. The van der Waals surface area contributed by atoms with Gasteiger partial charge in [-0.1, -0.05) is 70.2 Å². The molecule has 0 spiro atoms. The maximum Gasteiger partial charge on any atom is 1.00 e. The summed E-state index contributed by atoms with van der Waals surface area (Å²) in [5.41, 5.74) is 0. The molecule has 0 N–H and O–H groups in total. The van der Waals surface area contributed by atoms with E-state index in [0.717, 1.165) is 0 Å². The van der Waals surface area contributed by atoms with Crippen molar-refractivity contribution >= 4 is 7.92 Å². The van der Waals surface area contributed by atoms with Crippen LogP contribution in [0.1, 0.15) is 62.3 Å². The molecule has 0 aliphatic heterocycles. The molecule has 3 heteroatoms. The van der Waals surface area contributed by atoms with Crippen LogP contribution in [0.3, 0.4) is 0 Å². The second-order valence-electron chi connectivity index (χ2n) is 6.85. The molecule has 15 heavy (non-hydrogen) atoms. The van der Waals surface area contributed by atoms with Crippen molar-refractivity contribution in [2.45, 2.75) is 77.8 Å². The van der Waals surface area contributed by atoms with Crippen LogP contribution < -0.4 is 0 Å². The first kappa shape index (κ1) is 21.8. The molecule has 0 rings (SSSR count). The number of rotatable bonds is 0. The summed E-state index contributed by atoms with van der Waals surface area (Å²) in [6.45, 7) is 21.5. The first-order valence-corrected chi connectivity index (χ1v) is 6.51. The molecule has 0 unspecified atom stereocenters. The van der Waals surface area contributed by atoms with Crippen molar-refractivity contribution < 1.29 is 37.4 Å². The quantitative estimate of drug-likeness (QED) is 0.411. The van der Waals surface area contributed by atoms with Gasteiger partial charge in [-0.2, -0.15) is 0 Å². The average Bonchev–Trinajstić information content (AvgIpc) is 1.44. The standard InChI is InChI=1S/C12H27P.Br.Pd/c1-10(2,3)13(11(4,5)6)12(7,8)9;;/h1-9H3;;/q;2*+1. The smallest absolute Gasteiger partial charge is 0.0901 e. The third-order valence-electron chi connectivity index (χ3n) is 2.01. The van der Waals surface area contributed by atoms with Crippen LogP contribution >= 0.6 is 7.92 Å². The van der Waals surface area contributed by atoms with Crippen LogP contribution in [0.15, 0.2) is 0 Å². The summed E-state index contributed by atoms with van der Waals surface area (Å²) in [5, 5.41) is 1.35. The van der Waals surface area contributed by atoms with Gasteiger partial charge in [0.2, 0.25) is 0 Å². The van der Waals surface area contributed by atoms with E-state index in [4.69, 9.17) is 0 Å². The Morgan fingerprint density at radius 1 is 0.533 bits per heavy atom. The van der Waals surface area contributed by atoms with E-state index in [2.05, 4.69) is 62.3 Å². The Balaban J connectivity index is -0.000000720. The van der Waals surface area contributed by atoms with E-state index >= 15 is 0 Å². The van der Waals surface area contributed by atoms with Gasteiger partial charge in [0.15, 0.2) is 0 Å². The Bertz CT molecular complexity index is 138. The van der Waals surface area contributed by atoms with E-state index < -0.39 is 0 Å². The third-order valence-corrected chi connectivity index (χ3v) is 6.04. The van der Waals surface area contributed by atoms with E-state index in [1.165, 1.54) is 0 Å². The molecule has 0 aromatic rings. The minimum Gasteiger partial charge on any atom is -0.0901 e. The summed E-state index contributed by atoms with van der Waals surface area (Å²) in [4.78, 5) is 0. The second-order valence-corrected chi connectivity index (χ2v) is 11.5. The summed E-state index contributed by atoms with van der Waals surface area (Å²) in [6.07, 6.45) is 0. The molecule has 0 heterocycles. The molecule has 0 fully saturated rings. The van der Waals surface area contributed by atoms with Gasteiger partial charge in [-0.25, -0.2) is 0 Å². The molecule has 0 aromatic heterocycles. The fraction of sp³-hybridized carbons (Fsp3) is 1.00. The Morgan fingerprint density at radius 2 is 0.667 bits per heavy atom. The van der Waals surface area contributed by atoms with Crippen LogP contribution in [0.5, 0.6) is 0 Å². The number of hydrogen-bond donors (Lipinski definition) is 0. The van der Waals surface area contributed by atoms with E-state index in [-0.39, 0.29) is 45.3 Å². The second kappa shape index (κ2) is 6.49. The third kappa shape index (κ3) is 7.49.